The van der Waals surface area contributed by atoms with Gasteiger partial charge in [-0.2, -0.15) is 0 Å². The predicted molar refractivity (Wildman–Crippen MR) is 162 cm³/mol. The SMILES string of the molecule is NCCNc1c(OCc2ccccc2)cc2c(c1Br)C[C@H]1C3CCCC[C@@]23CCN1C(=O)OCc1ccccc1. The third kappa shape index (κ3) is 5.10. The highest BCUT2D eigenvalue weighted by Gasteiger charge is 2.55. The van der Waals surface area contributed by atoms with Crippen LogP contribution in [0, 0.1) is 5.92 Å². The second-order valence-corrected chi connectivity index (χ2v) is 12.1. The summed E-state index contributed by atoms with van der Waals surface area (Å²) in [6.07, 6.45) is 6.26. The van der Waals surface area contributed by atoms with Crippen LogP contribution in [0.15, 0.2) is 71.2 Å². The van der Waals surface area contributed by atoms with Gasteiger partial charge in [0.2, 0.25) is 0 Å². The highest BCUT2D eigenvalue weighted by Crippen LogP contribution is 2.58. The van der Waals surface area contributed by atoms with Crippen LogP contribution in [0.4, 0.5) is 10.5 Å². The number of ether oxygens (including phenoxy) is 2. The number of carbonyl (C=O) groups is 1. The first-order valence-electron chi connectivity index (χ1n) is 14.5. The number of fused-ring (bicyclic) bond motifs is 1. The molecule has 1 heterocycles. The van der Waals surface area contributed by atoms with E-state index in [0.29, 0.717) is 32.2 Å². The summed E-state index contributed by atoms with van der Waals surface area (Å²) in [5, 5.41) is 3.52. The molecule has 3 aliphatic rings. The molecule has 1 aliphatic heterocycles. The first-order valence-corrected chi connectivity index (χ1v) is 15.3. The molecule has 3 atom stereocenters. The van der Waals surface area contributed by atoms with Crippen LogP contribution in [-0.2, 0) is 29.8 Å². The zero-order chi connectivity index (χ0) is 27.5. The minimum Gasteiger partial charge on any atom is -0.487 e. The quantitative estimate of drug-likeness (QED) is 0.296. The van der Waals surface area contributed by atoms with Gasteiger partial charge in [-0.05, 0) is 75.9 Å². The van der Waals surface area contributed by atoms with Crippen molar-refractivity contribution in [1.82, 2.24) is 4.90 Å². The number of nitrogens with two attached hydrogens (primary N) is 1. The van der Waals surface area contributed by atoms with Gasteiger partial charge in [-0.1, -0.05) is 73.5 Å². The molecule has 3 aromatic rings. The van der Waals surface area contributed by atoms with Gasteiger partial charge in [0, 0.05) is 35.6 Å². The zero-order valence-electron chi connectivity index (χ0n) is 22.9. The van der Waals surface area contributed by atoms with Gasteiger partial charge >= 0.3 is 6.09 Å². The number of hydrogen-bond donors (Lipinski definition) is 2. The average Bonchev–Trinajstić information content (AvgIpc) is 3.00. The van der Waals surface area contributed by atoms with E-state index in [0.717, 1.165) is 59.3 Å². The van der Waals surface area contributed by atoms with Crippen molar-refractivity contribution in [1.29, 1.82) is 0 Å². The van der Waals surface area contributed by atoms with E-state index in [4.69, 9.17) is 15.2 Å². The van der Waals surface area contributed by atoms with Gasteiger partial charge in [-0.25, -0.2) is 4.79 Å². The lowest BCUT2D eigenvalue weighted by Crippen LogP contribution is -2.62. The maximum Gasteiger partial charge on any atom is 0.410 e. The van der Waals surface area contributed by atoms with Gasteiger partial charge in [0.15, 0.2) is 0 Å². The summed E-state index contributed by atoms with van der Waals surface area (Å²) in [5.41, 5.74) is 11.7. The fourth-order valence-electron chi connectivity index (χ4n) is 7.32. The minimum absolute atomic E-state index is 0.0481. The maximum absolute atomic E-state index is 13.5. The molecule has 2 bridgehead atoms. The molecule has 6 rings (SSSR count). The number of nitrogens with one attached hydrogen (secondary N) is 1. The van der Waals surface area contributed by atoms with Gasteiger partial charge in [-0.15, -0.1) is 0 Å². The summed E-state index contributed by atoms with van der Waals surface area (Å²) in [5.74, 6) is 1.29. The van der Waals surface area contributed by atoms with E-state index in [2.05, 4.69) is 39.4 Å². The molecule has 2 fully saturated rings. The highest BCUT2D eigenvalue weighted by molar-refractivity contribution is 9.10. The van der Waals surface area contributed by atoms with E-state index >= 15 is 0 Å². The van der Waals surface area contributed by atoms with Crippen LogP contribution in [0.1, 0.15) is 54.4 Å². The number of halogens is 1. The summed E-state index contributed by atoms with van der Waals surface area (Å²) in [6, 6.07) is 22.6. The second-order valence-electron chi connectivity index (χ2n) is 11.3. The summed E-state index contributed by atoms with van der Waals surface area (Å²) in [7, 11) is 0. The van der Waals surface area contributed by atoms with Crippen LogP contribution in [0.3, 0.4) is 0 Å². The number of hydrogen-bond acceptors (Lipinski definition) is 5. The summed E-state index contributed by atoms with van der Waals surface area (Å²) >= 11 is 4.00. The standard InChI is InChI=1S/C33H38BrN3O3/c34-30-25-19-28-26-13-7-8-14-33(26,15-18-37(28)32(38)40-22-24-11-5-2-6-12-24)27(25)20-29(31(30)36-17-16-35)39-21-23-9-3-1-4-10-23/h1-6,9-12,20,26,28,36H,7-8,13-19,21-22,35H2/t26?,28-,33-/m0/s1. The fourth-order valence-corrected chi connectivity index (χ4v) is 8.03. The van der Waals surface area contributed by atoms with Crippen molar-refractivity contribution in [3.8, 4) is 5.75 Å². The molecule has 1 unspecified atom stereocenters. The van der Waals surface area contributed by atoms with Crippen molar-refractivity contribution < 1.29 is 14.3 Å². The Morgan fingerprint density at radius 3 is 2.48 bits per heavy atom. The Balaban J connectivity index is 1.33. The van der Waals surface area contributed by atoms with Crippen LogP contribution < -0.4 is 15.8 Å². The Morgan fingerprint density at radius 2 is 1.75 bits per heavy atom. The van der Waals surface area contributed by atoms with Crippen molar-refractivity contribution in [2.45, 2.75) is 63.2 Å². The molecule has 0 spiro atoms. The van der Waals surface area contributed by atoms with Crippen LogP contribution in [0.2, 0.25) is 0 Å². The summed E-state index contributed by atoms with van der Waals surface area (Å²) in [4.78, 5) is 15.5. The average molecular weight is 605 g/mol. The molecule has 7 heteroatoms. The highest BCUT2D eigenvalue weighted by atomic mass is 79.9. The number of piperidine rings is 1. The lowest BCUT2D eigenvalue weighted by Gasteiger charge is -2.58. The molecule has 0 aromatic heterocycles. The fraction of sp³-hybridized carbons (Fsp3) is 0.424. The molecule has 2 aliphatic carbocycles. The van der Waals surface area contributed by atoms with Crippen LogP contribution in [-0.4, -0.2) is 36.7 Å². The zero-order valence-corrected chi connectivity index (χ0v) is 24.5. The third-order valence-corrected chi connectivity index (χ3v) is 10.0. The molecule has 0 radical (unpaired) electrons. The van der Waals surface area contributed by atoms with Crippen molar-refractivity contribution in [2.24, 2.45) is 11.7 Å². The number of amides is 1. The van der Waals surface area contributed by atoms with Crippen molar-refractivity contribution >= 4 is 27.7 Å². The van der Waals surface area contributed by atoms with Gasteiger partial charge in [0.05, 0.1) is 5.69 Å². The molecule has 1 saturated heterocycles. The topological polar surface area (TPSA) is 76.8 Å². The van der Waals surface area contributed by atoms with Gasteiger partial charge < -0.3 is 25.4 Å². The number of benzene rings is 3. The number of nitrogens with zero attached hydrogens (tertiary/aromatic N) is 1. The monoisotopic (exact) mass is 603 g/mol. The lowest BCUT2D eigenvalue weighted by molar-refractivity contribution is -0.0138. The van der Waals surface area contributed by atoms with Crippen LogP contribution in [0.25, 0.3) is 0 Å². The third-order valence-electron chi connectivity index (χ3n) is 9.17. The first kappa shape index (κ1) is 27.2. The predicted octanol–water partition coefficient (Wildman–Crippen LogP) is 6.79. The molecule has 40 heavy (non-hydrogen) atoms. The van der Waals surface area contributed by atoms with E-state index in [1.165, 1.54) is 24.0 Å². The molecule has 3 N–H and O–H groups in total. The van der Waals surface area contributed by atoms with E-state index in [-0.39, 0.29) is 17.6 Å². The van der Waals surface area contributed by atoms with Gasteiger partial charge in [0.1, 0.15) is 19.0 Å². The van der Waals surface area contributed by atoms with E-state index in [1.54, 1.807) is 0 Å². The number of rotatable bonds is 8. The van der Waals surface area contributed by atoms with E-state index in [1.807, 2.05) is 53.4 Å². The molecule has 210 valence electrons. The Morgan fingerprint density at radius 1 is 1.02 bits per heavy atom. The van der Waals surface area contributed by atoms with Crippen molar-refractivity contribution in [2.75, 3.05) is 25.0 Å². The second kappa shape index (κ2) is 11.8. The Kier molecular flexibility index (Phi) is 8.03. The molecule has 1 amide bonds. The maximum atomic E-state index is 13.5. The molecule has 3 aromatic carbocycles. The minimum atomic E-state index is -0.197. The van der Waals surface area contributed by atoms with Crippen LogP contribution >= 0.6 is 15.9 Å². The Labute approximate surface area is 245 Å². The Bertz CT molecular complexity index is 1340. The van der Waals surface area contributed by atoms with Crippen LogP contribution in [0.5, 0.6) is 5.75 Å². The smallest absolute Gasteiger partial charge is 0.410 e. The van der Waals surface area contributed by atoms with Gasteiger partial charge in [-0.3, -0.25) is 0 Å². The van der Waals surface area contributed by atoms with Crippen molar-refractivity contribution in [3.05, 3.63) is 93.5 Å². The normalized spacial score (nSPS) is 23.1. The molecular weight excluding hydrogens is 566 g/mol. The number of carbonyl (C=O) groups excluding carboxylic acids is 1. The van der Waals surface area contributed by atoms with E-state index in [9.17, 15) is 4.79 Å². The lowest BCUT2D eigenvalue weighted by atomic mass is 9.52. The number of anilines is 1. The Hall–Kier alpha value is -3.03. The first-order chi connectivity index (χ1) is 19.6. The molecule has 1 saturated carbocycles. The van der Waals surface area contributed by atoms with Crippen molar-refractivity contribution in [3.63, 3.8) is 0 Å². The molecule has 6 nitrogen and oxygen atoms in total. The number of likely N-dealkylation sites (tertiary alicyclic amines) is 1. The molecular formula is C33H38BrN3O3. The summed E-state index contributed by atoms with van der Waals surface area (Å²) < 4.78 is 13.4. The van der Waals surface area contributed by atoms with Gasteiger partial charge in [0.25, 0.3) is 0 Å². The summed E-state index contributed by atoms with van der Waals surface area (Å²) in [6.45, 7) is 2.70. The largest absolute Gasteiger partial charge is 0.487 e. The van der Waals surface area contributed by atoms with E-state index < -0.39 is 0 Å².